The van der Waals surface area contributed by atoms with Gasteiger partial charge < -0.3 is 14.9 Å². The van der Waals surface area contributed by atoms with Crippen molar-refractivity contribution in [3.8, 4) is 5.75 Å². The first-order valence-corrected chi connectivity index (χ1v) is 9.44. The van der Waals surface area contributed by atoms with E-state index >= 15 is 0 Å². The molecule has 0 bridgehead atoms. The Morgan fingerprint density at radius 1 is 1.07 bits per heavy atom. The van der Waals surface area contributed by atoms with Gasteiger partial charge in [-0.2, -0.15) is 0 Å². The highest BCUT2D eigenvalue weighted by molar-refractivity contribution is 6.02. The molecule has 0 aliphatic carbocycles. The fourth-order valence-corrected chi connectivity index (χ4v) is 2.99. The van der Waals surface area contributed by atoms with E-state index in [1.54, 1.807) is 42.5 Å². The third kappa shape index (κ3) is 6.77. The summed E-state index contributed by atoms with van der Waals surface area (Å²) in [6.07, 6.45) is 1.95. The van der Waals surface area contributed by atoms with Gasteiger partial charge in [0.25, 0.3) is 5.91 Å². The largest absolute Gasteiger partial charge is 0.508 e. The van der Waals surface area contributed by atoms with Crippen molar-refractivity contribution in [1.29, 1.82) is 0 Å². The van der Waals surface area contributed by atoms with Crippen LogP contribution in [-0.2, 0) is 9.53 Å². The van der Waals surface area contributed by atoms with E-state index in [1.807, 2.05) is 13.8 Å². The molecule has 158 valence electrons. The quantitative estimate of drug-likeness (QED) is 0.553. The van der Waals surface area contributed by atoms with Crippen LogP contribution in [0.25, 0.3) is 0 Å². The van der Waals surface area contributed by atoms with Gasteiger partial charge in [-0.1, -0.05) is 50.3 Å². The van der Waals surface area contributed by atoms with Gasteiger partial charge in [0.05, 0.1) is 0 Å². The molecule has 2 amide bonds. The monoisotopic (exact) mass is 411 g/mol. The normalized spacial score (nSPS) is 12.3. The van der Waals surface area contributed by atoms with E-state index in [0.717, 1.165) is 6.08 Å². The summed E-state index contributed by atoms with van der Waals surface area (Å²) in [5.41, 5.74) is 0.378. The summed E-state index contributed by atoms with van der Waals surface area (Å²) in [6.45, 7) is 3.76. The molecule has 7 heteroatoms. The number of alkyl carbamates (subject to hydrolysis) is 1. The first-order valence-electron chi connectivity index (χ1n) is 9.44. The van der Waals surface area contributed by atoms with Crippen LogP contribution in [0, 0.1) is 5.41 Å². The van der Waals surface area contributed by atoms with Crippen LogP contribution in [0.1, 0.15) is 48.7 Å². The number of allylic oxidation sites excluding steroid dienone is 1. The number of carbonyl (C=O) groups excluding carboxylic acids is 2. The van der Waals surface area contributed by atoms with Crippen LogP contribution in [0.15, 0.2) is 66.7 Å². The van der Waals surface area contributed by atoms with E-state index in [4.69, 9.17) is 9.84 Å². The molecule has 2 aromatic carbocycles. The van der Waals surface area contributed by atoms with Crippen molar-refractivity contribution >= 4 is 18.0 Å². The number of phenols is 1. The van der Waals surface area contributed by atoms with E-state index in [9.17, 15) is 19.5 Å². The number of aromatic hydroxyl groups is 1. The number of rotatable bonds is 8. The van der Waals surface area contributed by atoms with Crippen molar-refractivity contribution in [1.82, 2.24) is 5.32 Å². The van der Waals surface area contributed by atoms with Gasteiger partial charge in [0.15, 0.2) is 0 Å². The summed E-state index contributed by atoms with van der Waals surface area (Å²) in [6, 6.07) is 14.6. The average Bonchev–Trinajstić information content (AvgIpc) is 2.70. The zero-order valence-electron chi connectivity index (χ0n) is 16.9. The summed E-state index contributed by atoms with van der Waals surface area (Å²) >= 11 is 0. The lowest BCUT2D eigenvalue weighted by molar-refractivity contribution is -0.131. The highest BCUT2D eigenvalue weighted by Gasteiger charge is 2.34. The van der Waals surface area contributed by atoms with E-state index < -0.39 is 29.5 Å². The van der Waals surface area contributed by atoms with Gasteiger partial charge in [0.1, 0.15) is 11.9 Å². The Morgan fingerprint density at radius 2 is 1.70 bits per heavy atom. The summed E-state index contributed by atoms with van der Waals surface area (Å²) in [4.78, 5) is 35.3. The Labute approximate surface area is 175 Å². The summed E-state index contributed by atoms with van der Waals surface area (Å²) < 4.78 is 5.62. The highest BCUT2D eigenvalue weighted by Crippen LogP contribution is 2.41. The second-order valence-electron chi connectivity index (χ2n) is 7.46. The minimum atomic E-state index is -1.03. The van der Waals surface area contributed by atoms with E-state index in [1.165, 1.54) is 18.2 Å². The number of carboxylic acids is 1. The molecule has 0 unspecified atom stereocenters. The Balaban J connectivity index is 2.16. The Kier molecular flexibility index (Phi) is 7.75. The van der Waals surface area contributed by atoms with Gasteiger partial charge >= 0.3 is 12.1 Å². The van der Waals surface area contributed by atoms with Gasteiger partial charge in [0, 0.05) is 17.1 Å². The van der Waals surface area contributed by atoms with E-state index in [-0.39, 0.29) is 5.75 Å². The van der Waals surface area contributed by atoms with Crippen LogP contribution in [0.3, 0.4) is 0 Å². The molecule has 7 nitrogen and oxygen atoms in total. The molecular formula is C23H25NO6. The lowest BCUT2D eigenvalue weighted by Crippen LogP contribution is -2.35. The third-order valence-electron chi connectivity index (χ3n) is 4.60. The van der Waals surface area contributed by atoms with Crippen LogP contribution in [0.5, 0.6) is 5.75 Å². The van der Waals surface area contributed by atoms with Crippen molar-refractivity contribution in [2.45, 2.75) is 32.8 Å². The average molecular weight is 411 g/mol. The standard InChI is InChI=1S/C23H25NO6/c1-23(2,15-7-6-10-19(26)27)20(16-11-13-18(25)14-12-16)30-22(29)24-21(28)17-8-4-3-5-9-17/h3-6,8-14,20,25H,7,15H2,1-2H3,(H,26,27)(H,24,28,29)/b10-6+/t20-/m0/s1. The molecule has 2 rings (SSSR count). The molecule has 0 heterocycles. The molecule has 0 spiro atoms. The van der Waals surface area contributed by atoms with Crippen molar-refractivity contribution in [2.75, 3.05) is 0 Å². The first kappa shape index (κ1) is 22.7. The smallest absolute Gasteiger partial charge is 0.414 e. The van der Waals surface area contributed by atoms with Crippen molar-refractivity contribution in [3.05, 3.63) is 77.9 Å². The number of benzene rings is 2. The molecule has 0 aromatic heterocycles. The second kappa shape index (κ2) is 10.2. The zero-order chi connectivity index (χ0) is 22.1. The number of carboxylic acid groups (broad SMARTS) is 1. The number of aliphatic carboxylic acids is 1. The topological polar surface area (TPSA) is 113 Å². The zero-order valence-corrected chi connectivity index (χ0v) is 16.9. The molecule has 0 fully saturated rings. The predicted molar refractivity (Wildman–Crippen MR) is 111 cm³/mol. The number of imide groups is 1. The number of hydrogen-bond acceptors (Lipinski definition) is 5. The predicted octanol–water partition coefficient (Wildman–Crippen LogP) is 4.45. The lowest BCUT2D eigenvalue weighted by atomic mass is 9.78. The van der Waals surface area contributed by atoms with Gasteiger partial charge in [0.2, 0.25) is 0 Å². The lowest BCUT2D eigenvalue weighted by Gasteiger charge is -2.34. The molecule has 30 heavy (non-hydrogen) atoms. The highest BCUT2D eigenvalue weighted by atomic mass is 16.6. The number of hydrogen-bond donors (Lipinski definition) is 3. The summed E-state index contributed by atoms with van der Waals surface area (Å²) in [5, 5.41) is 20.5. The van der Waals surface area contributed by atoms with Crippen molar-refractivity contribution < 1.29 is 29.3 Å². The number of carbonyl (C=O) groups is 3. The molecule has 0 radical (unpaired) electrons. The minimum absolute atomic E-state index is 0.0726. The molecular weight excluding hydrogens is 386 g/mol. The maximum Gasteiger partial charge on any atom is 0.414 e. The van der Waals surface area contributed by atoms with Crippen LogP contribution in [-0.4, -0.2) is 28.2 Å². The van der Waals surface area contributed by atoms with E-state index in [2.05, 4.69) is 5.32 Å². The van der Waals surface area contributed by atoms with E-state index in [0.29, 0.717) is 24.0 Å². The SMILES string of the molecule is CC(C)(CC/C=C/C(=O)O)[C@@H](OC(=O)NC(=O)c1ccccc1)c1ccc(O)cc1. The Hall–Kier alpha value is -3.61. The van der Waals surface area contributed by atoms with Crippen LogP contribution < -0.4 is 5.32 Å². The molecule has 0 saturated heterocycles. The fraction of sp³-hybridized carbons (Fsp3) is 0.261. The summed E-state index contributed by atoms with van der Waals surface area (Å²) in [7, 11) is 0. The molecule has 0 saturated carbocycles. The number of phenolic OH excluding ortho intramolecular Hbond substituents is 1. The van der Waals surface area contributed by atoms with Gasteiger partial charge in [-0.3, -0.25) is 10.1 Å². The first-order chi connectivity index (χ1) is 14.2. The maximum atomic E-state index is 12.4. The molecule has 0 aliphatic heterocycles. The van der Waals surface area contributed by atoms with Crippen LogP contribution >= 0.6 is 0 Å². The molecule has 0 aliphatic rings. The maximum absolute atomic E-state index is 12.4. The fourth-order valence-electron chi connectivity index (χ4n) is 2.99. The van der Waals surface area contributed by atoms with Gasteiger partial charge in [-0.25, -0.2) is 9.59 Å². The third-order valence-corrected chi connectivity index (χ3v) is 4.60. The second-order valence-corrected chi connectivity index (χ2v) is 7.46. The van der Waals surface area contributed by atoms with Gasteiger partial charge in [-0.15, -0.1) is 0 Å². The molecule has 2 aromatic rings. The Morgan fingerprint density at radius 3 is 2.30 bits per heavy atom. The van der Waals surface area contributed by atoms with Gasteiger partial charge in [-0.05, 0) is 42.7 Å². The number of nitrogens with one attached hydrogen (secondary N) is 1. The summed E-state index contributed by atoms with van der Waals surface area (Å²) in [5.74, 6) is -1.53. The van der Waals surface area contributed by atoms with Crippen molar-refractivity contribution in [3.63, 3.8) is 0 Å². The van der Waals surface area contributed by atoms with Crippen molar-refractivity contribution in [2.24, 2.45) is 5.41 Å². The Bertz CT molecular complexity index is 903. The van der Waals surface area contributed by atoms with Crippen LogP contribution in [0.2, 0.25) is 0 Å². The minimum Gasteiger partial charge on any atom is -0.508 e. The number of amides is 2. The molecule has 1 atom stereocenters. The van der Waals surface area contributed by atoms with Crippen LogP contribution in [0.4, 0.5) is 4.79 Å². The molecule has 3 N–H and O–H groups in total. The number of ether oxygens (including phenoxy) is 1.